The minimum Gasteiger partial charge on any atom is -0.276 e. The molecule has 0 amide bonds. The zero-order chi connectivity index (χ0) is 11.7. The molecule has 4 heteroatoms. The third-order valence-corrected chi connectivity index (χ3v) is 3.08. The molecule has 0 fully saturated rings. The average Bonchev–Trinajstić information content (AvgIpc) is 2.85. The smallest absolute Gasteiger partial charge is 0.249 e. The highest BCUT2D eigenvalue weighted by atomic mass is 35.5. The van der Waals surface area contributed by atoms with Gasteiger partial charge in [0.25, 0.3) is 0 Å². The van der Waals surface area contributed by atoms with Crippen molar-refractivity contribution in [3.8, 4) is 0 Å². The highest BCUT2D eigenvalue weighted by Gasteiger charge is 2.23. The maximum absolute atomic E-state index is 11.2. The lowest BCUT2D eigenvalue weighted by molar-refractivity contribution is -0.109. The largest absolute Gasteiger partial charge is 0.276 e. The second-order valence-electron chi connectivity index (χ2n) is 3.54. The Morgan fingerprint density at radius 3 is 1.56 bits per heavy atom. The molecule has 0 N–H and O–H groups in total. The summed E-state index contributed by atoms with van der Waals surface area (Å²) < 4.78 is 0. The van der Waals surface area contributed by atoms with Crippen LogP contribution in [0.1, 0.15) is 12.8 Å². The summed E-state index contributed by atoms with van der Waals surface area (Å²) >= 11 is 11.0. The van der Waals surface area contributed by atoms with Gasteiger partial charge in [-0.2, -0.15) is 0 Å². The van der Waals surface area contributed by atoms with Gasteiger partial charge in [-0.1, -0.05) is 24.3 Å². The highest BCUT2D eigenvalue weighted by molar-refractivity contribution is 6.68. The van der Waals surface area contributed by atoms with E-state index in [2.05, 4.69) is 0 Å². The third kappa shape index (κ3) is 1.91. The van der Waals surface area contributed by atoms with Gasteiger partial charge in [0.2, 0.25) is 10.5 Å². The fraction of sp³-hybridized carbons (Fsp3) is 0.167. The van der Waals surface area contributed by atoms with Gasteiger partial charge < -0.3 is 0 Å². The zero-order valence-electron chi connectivity index (χ0n) is 8.30. The summed E-state index contributed by atoms with van der Waals surface area (Å²) in [7, 11) is 0. The lowest BCUT2D eigenvalue weighted by Gasteiger charge is -2.05. The third-order valence-electron chi connectivity index (χ3n) is 2.63. The first-order valence-electron chi connectivity index (χ1n) is 4.80. The lowest BCUT2D eigenvalue weighted by atomic mass is 10.0. The van der Waals surface area contributed by atoms with Gasteiger partial charge in [-0.05, 0) is 47.2 Å². The maximum Gasteiger partial charge on any atom is 0.249 e. The molecule has 82 valence electrons. The Morgan fingerprint density at radius 1 is 0.875 bits per heavy atom. The normalized spacial score (nSPS) is 18.9. The Hall–Kier alpha value is -1.12. The first-order chi connectivity index (χ1) is 7.61. The van der Waals surface area contributed by atoms with Crippen LogP contribution in [-0.4, -0.2) is 10.5 Å². The predicted molar refractivity (Wildman–Crippen MR) is 63.3 cm³/mol. The van der Waals surface area contributed by atoms with Gasteiger partial charge in [-0.25, -0.2) is 0 Å². The number of carbonyl (C=O) groups is 2. The molecule has 0 bridgehead atoms. The molecule has 2 aliphatic rings. The van der Waals surface area contributed by atoms with Crippen LogP contribution >= 0.6 is 23.2 Å². The van der Waals surface area contributed by atoms with Gasteiger partial charge in [-0.3, -0.25) is 9.59 Å². The number of hydrogen-bond donors (Lipinski definition) is 0. The molecule has 0 saturated carbocycles. The van der Waals surface area contributed by atoms with E-state index in [4.69, 9.17) is 23.2 Å². The second-order valence-corrected chi connectivity index (χ2v) is 4.23. The van der Waals surface area contributed by atoms with Crippen LogP contribution in [0.2, 0.25) is 0 Å². The molecule has 0 aliphatic heterocycles. The molecule has 2 rings (SSSR count). The quantitative estimate of drug-likeness (QED) is 0.726. The molecule has 0 unspecified atom stereocenters. The van der Waals surface area contributed by atoms with Crippen molar-refractivity contribution in [2.24, 2.45) is 0 Å². The van der Waals surface area contributed by atoms with Crippen LogP contribution in [0.4, 0.5) is 0 Å². The molecular weight excluding hydrogens is 247 g/mol. The number of halogens is 2. The van der Waals surface area contributed by atoms with E-state index in [1.165, 1.54) is 0 Å². The Kier molecular flexibility index (Phi) is 3.13. The molecular formula is C12H8Cl2O2. The number of rotatable bonds is 3. The van der Waals surface area contributed by atoms with E-state index in [1.54, 1.807) is 12.2 Å². The van der Waals surface area contributed by atoms with E-state index in [1.807, 2.05) is 12.2 Å². The molecule has 0 atom stereocenters. The van der Waals surface area contributed by atoms with E-state index in [0.717, 1.165) is 11.1 Å². The van der Waals surface area contributed by atoms with Gasteiger partial charge in [-0.15, -0.1) is 0 Å². The summed E-state index contributed by atoms with van der Waals surface area (Å²) in [6.07, 6.45) is 8.33. The maximum atomic E-state index is 11.2. The van der Waals surface area contributed by atoms with Crippen molar-refractivity contribution < 1.29 is 9.59 Å². The average molecular weight is 255 g/mol. The van der Waals surface area contributed by atoms with E-state index in [-0.39, 0.29) is 0 Å². The minimum absolute atomic E-state index is 0.478. The molecule has 16 heavy (non-hydrogen) atoms. The van der Waals surface area contributed by atoms with Crippen LogP contribution in [0.25, 0.3) is 0 Å². The highest BCUT2D eigenvalue weighted by Crippen LogP contribution is 2.34. The summed E-state index contributed by atoms with van der Waals surface area (Å²) in [4.78, 5) is 22.4. The van der Waals surface area contributed by atoms with Gasteiger partial charge in [0, 0.05) is 11.1 Å². The summed E-state index contributed by atoms with van der Waals surface area (Å²) in [5, 5.41) is -0.955. The number of carbonyl (C=O) groups excluding carboxylic acids is 2. The van der Waals surface area contributed by atoms with Crippen LogP contribution in [0, 0.1) is 0 Å². The fourth-order valence-electron chi connectivity index (χ4n) is 1.89. The Labute approximate surface area is 103 Å². The molecule has 0 radical (unpaired) electrons. The molecule has 2 aliphatic carbocycles. The molecule has 2 nitrogen and oxygen atoms in total. The summed E-state index contributed by atoms with van der Waals surface area (Å²) in [5.41, 5.74) is 2.49. The first kappa shape index (κ1) is 11.4. The topological polar surface area (TPSA) is 34.1 Å². The van der Waals surface area contributed by atoms with Crippen molar-refractivity contribution in [2.75, 3.05) is 0 Å². The Bertz CT molecular complexity index is 447. The van der Waals surface area contributed by atoms with Crippen LogP contribution in [-0.2, 0) is 9.59 Å². The number of allylic oxidation sites excluding steroid dienone is 8. The minimum atomic E-state index is -0.478. The molecule has 0 aromatic carbocycles. The van der Waals surface area contributed by atoms with Crippen LogP contribution in [0.15, 0.2) is 46.6 Å². The standard InChI is InChI=1S/C12H8Cl2O2/c13-11(15)9-5-1-3-7(9)8-4-2-6-10(8)12(14)16/h1-4H,5-6H2. The van der Waals surface area contributed by atoms with Gasteiger partial charge in [0.1, 0.15) is 0 Å². The predicted octanol–water partition coefficient (Wildman–Crippen LogP) is 3.03. The van der Waals surface area contributed by atoms with E-state index >= 15 is 0 Å². The summed E-state index contributed by atoms with van der Waals surface area (Å²) in [6.45, 7) is 0. The van der Waals surface area contributed by atoms with Crippen molar-refractivity contribution in [1.82, 2.24) is 0 Å². The van der Waals surface area contributed by atoms with Gasteiger partial charge in [0.15, 0.2) is 0 Å². The van der Waals surface area contributed by atoms with Crippen molar-refractivity contribution in [3.05, 3.63) is 46.6 Å². The molecule has 0 spiro atoms. The van der Waals surface area contributed by atoms with Gasteiger partial charge >= 0.3 is 0 Å². The van der Waals surface area contributed by atoms with E-state index < -0.39 is 10.5 Å². The first-order valence-corrected chi connectivity index (χ1v) is 5.56. The second kappa shape index (κ2) is 4.40. The molecule has 0 heterocycles. The molecule has 0 aromatic rings. The SMILES string of the molecule is O=C(Cl)C1=C(C2=C(C(=O)Cl)CC=C2)C=CC1. The zero-order valence-corrected chi connectivity index (χ0v) is 9.81. The van der Waals surface area contributed by atoms with Crippen LogP contribution in [0.5, 0.6) is 0 Å². The van der Waals surface area contributed by atoms with Crippen molar-refractivity contribution in [1.29, 1.82) is 0 Å². The van der Waals surface area contributed by atoms with Crippen molar-refractivity contribution in [3.63, 3.8) is 0 Å². The summed E-state index contributed by atoms with van der Waals surface area (Å²) in [5.74, 6) is 0. The van der Waals surface area contributed by atoms with Crippen LogP contribution < -0.4 is 0 Å². The Morgan fingerprint density at radius 2 is 1.25 bits per heavy atom. The van der Waals surface area contributed by atoms with Crippen LogP contribution in [0.3, 0.4) is 0 Å². The fourth-order valence-corrected chi connectivity index (χ4v) is 2.25. The summed E-state index contributed by atoms with van der Waals surface area (Å²) in [6, 6.07) is 0. The van der Waals surface area contributed by atoms with E-state index in [9.17, 15) is 9.59 Å². The molecule has 0 aromatic heterocycles. The van der Waals surface area contributed by atoms with E-state index in [0.29, 0.717) is 24.0 Å². The monoisotopic (exact) mass is 254 g/mol. The Balaban J connectivity index is 2.52. The number of hydrogen-bond acceptors (Lipinski definition) is 2. The lowest BCUT2D eigenvalue weighted by Crippen LogP contribution is -1.99. The van der Waals surface area contributed by atoms with Gasteiger partial charge in [0.05, 0.1) is 0 Å². The van der Waals surface area contributed by atoms with Crippen molar-refractivity contribution in [2.45, 2.75) is 12.8 Å². The molecule has 0 saturated heterocycles. The van der Waals surface area contributed by atoms with Crippen molar-refractivity contribution >= 4 is 33.7 Å².